The van der Waals surface area contributed by atoms with Gasteiger partial charge < -0.3 is 9.47 Å². The lowest BCUT2D eigenvalue weighted by atomic mass is 9.87. The van der Waals surface area contributed by atoms with Crippen molar-refractivity contribution in [2.45, 2.75) is 70.9 Å². The molecule has 0 aliphatic carbocycles. The standard InChI is InChI=1S/C29H35NO5/c1-5-34-27(32)25-20-23(26(31)30(25)28(33)35-29(2,3)4)18-12-13-19-24(21-14-8-6-9-15-21)22-16-10-7-11-17-22/h6-11,14-18,24-25H,5,12-13,19-20H2,1-4H3/b23-18+/t25-/m0/s1. The molecular formula is C29H35NO5. The second-order valence-corrected chi connectivity index (χ2v) is 9.66. The van der Waals surface area contributed by atoms with Gasteiger partial charge in [0.25, 0.3) is 5.91 Å². The number of carbonyl (C=O) groups is 3. The van der Waals surface area contributed by atoms with Gasteiger partial charge in [0.2, 0.25) is 0 Å². The van der Waals surface area contributed by atoms with E-state index in [9.17, 15) is 14.4 Å². The number of imide groups is 1. The summed E-state index contributed by atoms with van der Waals surface area (Å²) in [4.78, 5) is 39.2. The van der Waals surface area contributed by atoms with Crippen LogP contribution in [-0.4, -0.2) is 41.1 Å². The number of hydrogen-bond donors (Lipinski definition) is 0. The number of carbonyl (C=O) groups excluding carboxylic acids is 3. The molecule has 1 aliphatic heterocycles. The summed E-state index contributed by atoms with van der Waals surface area (Å²) in [6.07, 6.45) is 3.58. The number of unbranched alkanes of at least 4 members (excludes halogenated alkanes) is 1. The molecule has 2 amide bonds. The summed E-state index contributed by atoms with van der Waals surface area (Å²) in [5, 5.41) is 0. The minimum atomic E-state index is -0.995. The van der Waals surface area contributed by atoms with Gasteiger partial charge in [-0.05, 0) is 58.1 Å². The highest BCUT2D eigenvalue weighted by molar-refractivity contribution is 6.08. The first-order valence-electron chi connectivity index (χ1n) is 12.2. The molecule has 6 heteroatoms. The zero-order chi connectivity index (χ0) is 25.4. The number of rotatable bonds is 8. The van der Waals surface area contributed by atoms with Crippen LogP contribution < -0.4 is 0 Å². The van der Waals surface area contributed by atoms with Crippen molar-refractivity contribution in [3.05, 3.63) is 83.4 Å². The van der Waals surface area contributed by atoms with Gasteiger partial charge in [-0.3, -0.25) is 4.79 Å². The first kappa shape index (κ1) is 26.2. The smallest absolute Gasteiger partial charge is 0.418 e. The minimum absolute atomic E-state index is 0.137. The summed E-state index contributed by atoms with van der Waals surface area (Å²) in [6.45, 7) is 7.02. The van der Waals surface area contributed by atoms with E-state index in [-0.39, 0.29) is 18.9 Å². The molecule has 1 saturated heterocycles. The third-order valence-corrected chi connectivity index (χ3v) is 5.86. The lowest BCUT2D eigenvalue weighted by molar-refractivity contribution is -0.150. The highest BCUT2D eigenvalue weighted by Gasteiger charge is 2.46. The summed E-state index contributed by atoms with van der Waals surface area (Å²) in [5.41, 5.74) is 2.17. The average Bonchev–Trinajstić information content (AvgIpc) is 3.15. The molecule has 0 spiro atoms. The molecule has 186 valence electrons. The summed E-state index contributed by atoms with van der Waals surface area (Å²) < 4.78 is 10.5. The molecule has 1 atom stereocenters. The molecule has 1 aliphatic rings. The van der Waals surface area contributed by atoms with Crippen LogP contribution in [0.3, 0.4) is 0 Å². The van der Waals surface area contributed by atoms with Crippen LogP contribution >= 0.6 is 0 Å². The summed E-state index contributed by atoms with van der Waals surface area (Å²) in [5.74, 6) is -0.830. The van der Waals surface area contributed by atoms with E-state index in [1.165, 1.54) is 11.1 Å². The normalized spacial score (nSPS) is 17.2. The Morgan fingerprint density at radius 1 is 1.03 bits per heavy atom. The number of nitrogens with zero attached hydrogens (tertiary/aromatic N) is 1. The molecule has 0 radical (unpaired) electrons. The topological polar surface area (TPSA) is 72.9 Å². The van der Waals surface area contributed by atoms with Crippen molar-refractivity contribution in [2.75, 3.05) is 6.61 Å². The number of hydrogen-bond acceptors (Lipinski definition) is 5. The van der Waals surface area contributed by atoms with Gasteiger partial charge in [0, 0.05) is 17.9 Å². The Hall–Kier alpha value is -3.41. The van der Waals surface area contributed by atoms with E-state index in [4.69, 9.17) is 9.47 Å². The van der Waals surface area contributed by atoms with Crippen LogP contribution in [0.4, 0.5) is 4.79 Å². The van der Waals surface area contributed by atoms with Crippen LogP contribution in [0.5, 0.6) is 0 Å². The molecule has 6 nitrogen and oxygen atoms in total. The van der Waals surface area contributed by atoms with Crippen molar-refractivity contribution in [3.63, 3.8) is 0 Å². The fourth-order valence-electron chi connectivity index (χ4n) is 4.30. The average molecular weight is 478 g/mol. The number of ether oxygens (including phenoxy) is 2. The molecule has 35 heavy (non-hydrogen) atoms. The van der Waals surface area contributed by atoms with Crippen molar-refractivity contribution < 1.29 is 23.9 Å². The Labute approximate surface area is 207 Å². The SMILES string of the molecule is CCOC(=O)[C@@H]1C/C(=C\CCCC(c2ccccc2)c2ccccc2)C(=O)N1C(=O)OC(C)(C)C. The van der Waals surface area contributed by atoms with E-state index in [0.717, 1.165) is 17.7 Å². The number of likely N-dealkylation sites (tertiary alicyclic amines) is 1. The van der Waals surface area contributed by atoms with E-state index in [0.29, 0.717) is 12.0 Å². The van der Waals surface area contributed by atoms with Gasteiger partial charge in [-0.2, -0.15) is 0 Å². The number of benzene rings is 2. The third-order valence-electron chi connectivity index (χ3n) is 5.86. The quantitative estimate of drug-likeness (QED) is 0.264. The molecule has 1 fully saturated rings. The molecular weight excluding hydrogens is 442 g/mol. The maximum Gasteiger partial charge on any atom is 0.418 e. The van der Waals surface area contributed by atoms with Crippen molar-refractivity contribution >= 4 is 18.0 Å². The molecule has 1 heterocycles. The largest absolute Gasteiger partial charge is 0.464 e. The lowest BCUT2D eigenvalue weighted by Crippen LogP contribution is -2.46. The Balaban J connectivity index is 1.72. The summed E-state index contributed by atoms with van der Waals surface area (Å²) >= 11 is 0. The monoisotopic (exact) mass is 477 g/mol. The highest BCUT2D eigenvalue weighted by atomic mass is 16.6. The molecule has 0 bridgehead atoms. The Kier molecular flexibility index (Phi) is 8.85. The third kappa shape index (κ3) is 7.04. The second-order valence-electron chi connectivity index (χ2n) is 9.66. The zero-order valence-electron chi connectivity index (χ0n) is 21.0. The van der Waals surface area contributed by atoms with Gasteiger partial charge >= 0.3 is 12.1 Å². The maximum absolute atomic E-state index is 13.1. The van der Waals surface area contributed by atoms with E-state index >= 15 is 0 Å². The van der Waals surface area contributed by atoms with Gasteiger partial charge in [0.05, 0.1) is 6.61 Å². The molecule has 0 unspecified atom stereocenters. The van der Waals surface area contributed by atoms with Gasteiger partial charge in [0.15, 0.2) is 0 Å². The fourth-order valence-corrected chi connectivity index (χ4v) is 4.30. The molecule has 3 rings (SSSR count). The molecule has 2 aromatic carbocycles. The summed E-state index contributed by atoms with van der Waals surface area (Å²) in [6, 6.07) is 19.8. The molecule has 0 aromatic heterocycles. The van der Waals surface area contributed by atoms with E-state index in [1.54, 1.807) is 27.7 Å². The van der Waals surface area contributed by atoms with Crippen LogP contribution in [0.1, 0.15) is 70.4 Å². The van der Waals surface area contributed by atoms with E-state index in [1.807, 2.05) is 42.5 Å². The van der Waals surface area contributed by atoms with Crippen molar-refractivity contribution in [2.24, 2.45) is 0 Å². The maximum atomic E-state index is 13.1. The van der Waals surface area contributed by atoms with Crippen LogP contribution in [0.25, 0.3) is 0 Å². The molecule has 0 saturated carbocycles. The Morgan fingerprint density at radius 3 is 2.11 bits per heavy atom. The Bertz CT molecular complexity index is 1000. The van der Waals surface area contributed by atoms with Gasteiger partial charge in [0.1, 0.15) is 11.6 Å². The number of allylic oxidation sites excluding steroid dienone is 1. The van der Waals surface area contributed by atoms with Crippen molar-refractivity contribution in [3.8, 4) is 0 Å². The Morgan fingerprint density at radius 2 is 1.60 bits per heavy atom. The number of amides is 2. The van der Waals surface area contributed by atoms with Crippen LogP contribution in [0.2, 0.25) is 0 Å². The lowest BCUT2D eigenvalue weighted by Gasteiger charge is -2.26. The van der Waals surface area contributed by atoms with Crippen LogP contribution in [0, 0.1) is 0 Å². The molecule has 0 N–H and O–H groups in total. The zero-order valence-corrected chi connectivity index (χ0v) is 21.0. The van der Waals surface area contributed by atoms with Gasteiger partial charge in [-0.15, -0.1) is 0 Å². The van der Waals surface area contributed by atoms with Crippen molar-refractivity contribution in [1.29, 1.82) is 0 Å². The van der Waals surface area contributed by atoms with E-state index < -0.39 is 29.6 Å². The first-order valence-corrected chi connectivity index (χ1v) is 12.2. The molecule has 2 aromatic rings. The van der Waals surface area contributed by atoms with Crippen LogP contribution in [0.15, 0.2) is 72.3 Å². The second kappa shape index (κ2) is 11.8. The van der Waals surface area contributed by atoms with Crippen molar-refractivity contribution in [1.82, 2.24) is 4.90 Å². The predicted molar refractivity (Wildman–Crippen MR) is 135 cm³/mol. The van der Waals surface area contributed by atoms with Gasteiger partial charge in [-0.1, -0.05) is 66.7 Å². The van der Waals surface area contributed by atoms with Crippen LogP contribution in [-0.2, 0) is 19.1 Å². The van der Waals surface area contributed by atoms with E-state index in [2.05, 4.69) is 24.3 Å². The minimum Gasteiger partial charge on any atom is -0.464 e. The highest BCUT2D eigenvalue weighted by Crippen LogP contribution is 2.31. The summed E-state index contributed by atoms with van der Waals surface area (Å²) in [7, 11) is 0. The first-order chi connectivity index (χ1) is 16.7. The fraction of sp³-hybridized carbons (Fsp3) is 0.414. The number of esters is 1. The predicted octanol–water partition coefficient (Wildman–Crippen LogP) is 6.01. The van der Waals surface area contributed by atoms with Gasteiger partial charge in [-0.25, -0.2) is 14.5 Å².